The lowest BCUT2D eigenvalue weighted by Crippen LogP contribution is -2.54. The lowest BCUT2D eigenvalue weighted by Gasteiger charge is -2.41. The molecule has 1 N–H and O–H groups in total. The van der Waals surface area contributed by atoms with Crippen molar-refractivity contribution in [3.05, 3.63) is 34.9 Å². The Kier molecular flexibility index (Phi) is 5.42. The number of rotatable bonds is 5. The molecule has 1 saturated heterocycles. The van der Waals surface area contributed by atoms with Crippen LogP contribution < -0.4 is 5.32 Å². The molecule has 3 nitrogen and oxygen atoms in total. The molecule has 0 aliphatic carbocycles. The molecule has 1 fully saturated rings. The Morgan fingerprint density at radius 2 is 1.90 bits per heavy atom. The fraction of sp³-hybridized carbons (Fsp3) is 0.667. The molecule has 2 rings (SSSR count). The molecule has 0 bridgehead atoms. The summed E-state index contributed by atoms with van der Waals surface area (Å²) in [7, 11) is 0. The van der Waals surface area contributed by atoms with E-state index in [1.807, 2.05) is 0 Å². The van der Waals surface area contributed by atoms with Crippen molar-refractivity contribution in [3.63, 3.8) is 0 Å². The number of morpholine rings is 1. The molecule has 0 amide bonds. The number of ether oxygens (including phenoxy) is 1. The second-order valence-electron chi connectivity index (χ2n) is 6.87. The van der Waals surface area contributed by atoms with E-state index >= 15 is 0 Å². The van der Waals surface area contributed by atoms with E-state index in [2.05, 4.69) is 63.0 Å². The summed E-state index contributed by atoms with van der Waals surface area (Å²) in [5.41, 5.74) is 4.27. The van der Waals surface area contributed by atoms with Gasteiger partial charge in [-0.25, -0.2) is 0 Å². The Labute approximate surface area is 129 Å². The fourth-order valence-electron chi connectivity index (χ4n) is 3.02. The van der Waals surface area contributed by atoms with Crippen molar-refractivity contribution in [2.24, 2.45) is 0 Å². The molecule has 1 unspecified atom stereocenters. The first-order valence-corrected chi connectivity index (χ1v) is 8.03. The first-order chi connectivity index (χ1) is 9.90. The second kappa shape index (κ2) is 6.91. The van der Waals surface area contributed by atoms with Gasteiger partial charge in [0.1, 0.15) is 0 Å². The summed E-state index contributed by atoms with van der Waals surface area (Å²) in [4.78, 5) is 2.53. The first-order valence-electron chi connectivity index (χ1n) is 8.03. The standard InChI is InChI=1S/C18H30N2O/c1-14-6-7-15(2)17(12-14)16(3)19-13-18(4,5)20-8-10-21-11-9-20/h6-7,12,16,19H,8-11,13H2,1-5H3. The number of hydrogen-bond donors (Lipinski definition) is 1. The van der Waals surface area contributed by atoms with Crippen LogP contribution in [0.2, 0.25) is 0 Å². The van der Waals surface area contributed by atoms with Crippen molar-refractivity contribution in [1.82, 2.24) is 10.2 Å². The lowest BCUT2D eigenvalue weighted by molar-refractivity contribution is -0.0102. The molecular weight excluding hydrogens is 260 g/mol. The SMILES string of the molecule is Cc1ccc(C)c(C(C)NCC(C)(C)N2CCOCC2)c1. The van der Waals surface area contributed by atoms with Gasteiger partial charge in [0.25, 0.3) is 0 Å². The zero-order chi connectivity index (χ0) is 15.5. The number of hydrogen-bond acceptors (Lipinski definition) is 3. The van der Waals surface area contributed by atoms with Crippen molar-refractivity contribution >= 4 is 0 Å². The van der Waals surface area contributed by atoms with Gasteiger partial charge in [0.15, 0.2) is 0 Å². The Morgan fingerprint density at radius 3 is 2.57 bits per heavy atom. The molecule has 0 aromatic heterocycles. The quantitative estimate of drug-likeness (QED) is 0.902. The van der Waals surface area contributed by atoms with Crippen LogP contribution in [0.4, 0.5) is 0 Å². The van der Waals surface area contributed by atoms with Crippen molar-refractivity contribution < 1.29 is 4.74 Å². The van der Waals surface area contributed by atoms with Crippen LogP contribution >= 0.6 is 0 Å². The third-order valence-electron chi connectivity index (χ3n) is 4.61. The van der Waals surface area contributed by atoms with Crippen molar-refractivity contribution in [1.29, 1.82) is 0 Å². The summed E-state index contributed by atoms with van der Waals surface area (Å²) in [6.45, 7) is 16.0. The average Bonchev–Trinajstić information content (AvgIpc) is 2.48. The van der Waals surface area contributed by atoms with Gasteiger partial charge in [-0.3, -0.25) is 4.90 Å². The maximum absolute atomic E-state index is 5.46. The molecule has 1 heterocycles. The summed E-state index contributed by atoms with van der Waals surface area (Å²) < 4.78 is 5.46. The minimum atomic E-state index is 0.162. The van der Waals surface area contributed by atoms with E-state index in [0.717, 1.165) is 32.8 Å². The van der Waals surface area contributed by atoms with E-state index in [4.69, 9.17) is 4.74 Å². The smallest absolute Gasteiger partial charge is 0.0594 e. The zero-order valence-electron chi connectivity index (χ0n) is 14.2. The van der Waals surface area contributed by atoms with Crippen LogP contribution in [0.15, 0.2) is 18.2 Å². The summed E-state index contributed by atoms with van der Waals surface area (Å²) >= 11 is 0. The molecule has 3 heteroatoms. The van der Waals surface area contributed by atoms with E-state index in [1.165, 1.54) is 16.7 Å². The van der Waals surface area contributed by atoms with Crippen LogP contribution in [0.25, 0.3) is 0 Å². The minimum absolute atomic E-state index is 0.162. The Hall–Kier alpha value is -0.900. The predicted octanol–water partition coefficient (Wildman–Crippen LogP) is 3.06. The molecule has 0 spiro atoms. The van der Waals surface area contributed by atoms with Gasteiger partial charge in [-0.1, -0.05) is 23.8 Å². The monoisotopic (exact) mass is 290 g/mol. The summed E-state index contributed by atoms with van der Waals surface area (Å²) in [6.07, 6.45) is 0. The maximum atomic E-state index is 5.46. The minimum Gasteiger partial charge on any atom is -0.379 e. The van der Waals surface area contributed by atoms with Crippen LogP contribution in [0.3, 0.4) is 0 Å². The Bertz CT molecular complexity index is 464. The van der Waals surface area contributed by atoms with Crippen molar-refractivity contribution in [2.45, 2.75) is 46.2 Å². The zero-order valence-corrected chi connectivity index (χ0v) is 14.2. The van der Waals surface area contributed by atoms with E-state index < -0.39 is 0 Å². The fourth-order valence-corrected chi connectivity index (χ4v) is 3.02. The maximum Gasteiger partial charge on any atom is 0.0594 e. The Balaban J connectivity index is 1.96. The number of benzene rings is 1. The van der Waals surface area contributed by atoms with Crippen molar-refractivity contribution in [3.8, 4) is 0 Å². The molecule has 1 atom stereocenters. The van der Waals surface area contributed by atoms with Gasteiger partial charge in [0.2, 0.25) is 0 Å². The van der Waals surface area contributed by atoms with Gasteiger partial charge in [-0.2, -0.15) is 0 Å². The van der Waals surface area contributed by atoms with E-state index in [1.54, 1.807) is 0 Å². The van der Waals surface area contributed by atoms with Crippen LogP contribution in [-0.4, -0.2) is 43.3 Å². The number of nitrogens with one attached hydrogen (secondary N) is 1. The van der Waals surface area contributed by atoms with Gasteiger partial charge in [0, 0.05) is 31.2 Å². The highest BCUT2D eigenvalue weighted by atomic mass is 16.5. The normalized spacial score (nSPS) is 18.7. The lowest BCUT2D eigenvalue weighted by atomic mass is 9.97. The highest BCUT2D eigenvalue weighted by Gasteiger charge is 2.28. The van der Waals surface area contributed by atoms with Crippen molar-refractivity contribution in [2.75, 3.05) is 32.8 Å². The van der Waals surface area contributed by atoms with Gasteiger partial charge in [-0.05, 0) is 45.7 Å². The van der Waals surface area contributed by atoms with Gasteiger partial charge < -0.3 is 10.1 Å². The molecule has 1 aliphatic rings. The number of aryl methyl sites for hydroxylation is 2. The molecule has 0 radical (unpaired) electrons. The van der Waals surface area contributed by atoms with Gasteiger partial charge >= 0.3 is 0 Å². The summed E-state index contributed by atoms with van der Waals surface area (Å²) in [6, 6.07) is 7.08. The van der Waals surface area contributed by atoms with E-state index in [0.29, 0.717) is 6.04 Å². The highest BCUT2D eigenvalue weighted by Crippen LogP contribution is 2.21. The number of nitrogens with zero attached hydrogens (tertiary/aromatic N) is 1. The predicted molar refractivity (Wildman–Crippen MR) is 88.8 cm³/mol. The van der Waals surface area contributed by atoms with Crippen LogP contribution in [0.5, 0.6) is 0 Å². The van der Waals surface area contributed by atoms with E-state index in [9.17, 15) is 0 Å². The molecule has 21 heavy (non-hydrogen) atoms. The molecule has 1 aliphatic heterocycles. The molecule has 118 valence electrons. The van der Waals surface area contributed by atoms with Crippen LogP contribution in [0, 0.1) is 13.8 Å². The van der Waals surface area contributed by atoms with Crippen LogP contribution in [0.1, 0.15) is 43.5 Å². The third kappa shape index (κ3) is 4.29. The highest BCUT2D eigenvalue weighted by molar-refractivity contribution is 5.32. The summed E-state index contributed by atoms with van der Waals surface area (Å²) in [5.74, 6) is 0. The summed E-state index contributed by atoms with van der Waals surface area (Å²) in [5, 5.41) is 3.72. The van der Waals surface area contributed by atoms with E-state index in [-0.39, 0.29) is 5.54 Å². The molecular formula is C18H30N2O. The Morgan fingerprint density at radius 1 is 1.24 bits per heavy atom. The molecule has 0 saturated carbocycles. The topological polar surface area (TPSA) is 24.5 Å². The van der Waals surface area contributed by atoms with Gasteiger partial charge in [-0.15, -0.1) is 0 Å². The van der Waals surface area contributed by atoms with Crippen LogP contribution in [-0.2, 0) is 4.74 Å². The largest absolute Gasteiger partial charge is 0.379 e. The molecule has 1 aromatic carbocycles. The average molecular weight is 290 g/mol. The molecule has 1 aromatic rings. The first kappa shape index (κ1) is 16.5. The van der Waals surface area contributed by atoms with Gasteiger partial charge in [0.05, 0.1) is 13.2 Å². The third-order valence-corrected chi connectivity index (χ3v) is 4.61. The second-order valence-corrected chi connectivity index (χ2v) is 6.87.